The van der Waals surface area contributed by atoms with Gasteiger partial charge in [0, 0.05) is 0 Å². The summed E-state index contributed by atoms with van der Waals surface area (Å²) in [5.41, 5.74) is 0. The largest absolute Gasteiger partial charge is 0.412 e. The van der Waals surface area contributed by atoms with Crippen LogP contribution in [0.1, 0.15) is 39.0 Å². The molecule has 0 aromatic carbocycles. The molecule has 0 saturated heterocycles. The maximum Gasteiger partial charge on any atom is 0.0785 e. The monoisotopic (exact) mass is 184 g/mol. The van der Waals surface area contributed by atoms with Crippen molar-refractivity contribution in [1.29, 1.82) is 0 Å². The van der Waals surface area contributed by atoms with E-state index in [9.17, 15) is 8.78 Å². The molecule has 78 valence electrons. The van der Waals surface area contributed by atoms with Crippen molar-refractivity contribution in [3.63, 3.8) is 0 Å². The lowest BCUT2D eigenvalue weighted by Crippen LogP contribution is -1.99. The zero-order valence-electron chi connectivity index (χ0n) is 8.37. The lowest BCUT2D eigenvalue weighted by Gasteiger charge is -2.15. The molecule has 0 radical (unpaired) electrons. The van der Waals surface area contributed by atoms with E-state index in [1.165, 1.54) is 32.1 Å². The van der Waals surface area contributed by atoms with Gasteiger partial charge in [-0.25, -0.2) is 0 Å². The van der Waals surface area contributed by atoms with Gasteiger partial charge < -0.3 is 5.48 Å². The summed E-state index contributed by atoms with van der Waals surface area (Å²) in [6, 6.07) is 0. The second-order valence-corrected chi connectivity index (χ2v) is 2.74. The van der Waals surface area contributed by atoms with Gasteiger partial charge in [-0.15, -0.1) is 0 Å². The molecular weight excluding hydrogens is 162 g/mol. The Kier molecular flexibility index (Phi) is 25.3. The summed E-state index contributed by atoms with van der Waals surface area (Å²) in [5, 5.41) is 0. The maximum atomic E-state index is 9.50. The summed E-state index contributed by atoms with van der Waals surface area (Å²) in [5.74, 6) is 1.04. The minimum atomic E-state index is 0. The average Bonchev–Trinajstić information content (AvgIpc) is 2.13. The van der Waals surface area contributed by atoms with Crippen molar-refractivity contribution in [3.8, 4) is 0 Å². The van der Waals surface area contributed by atoms with E-state index < -0.39 is 0 Å². The van der Waals surface area contributed by atoms with Crippen molar-refractivity contribution in [2.75, 3.05) is 14.4 Å². The fraction of sp³-hybridized carbons (Fsp3) is 1.00. The number of hydrogen-bond donors (Lipinski definition) is 0. The molecule has 0 bridgehead atoms. The summed E-state index contributed by atoms with van der Waals surface area (Å²) in [6.07, 6.45) is 7.44. The van der Waals surface area contributed by atoms with Crippen molar-refractivity contribution < 1.29 is 14.3 Å². The summed E-state index contributed by atoms with van der Waals surface area (Å²) < 4.78 is 19.0. The third-order valence-corrected chi connectivity index (χ3v) is 1.89. The summed E-state index contributed by atoms with van der Waals surface area (Å²) in [4.78, 5) is 0. The Morgan fingerprint density at radius 2 is 1.17 bits per heavy atom. The van der Waals surface area contributed by atoms with Crippen LogP contribution in [0.2, 0.25) is 0 Å². The predicted molar refractivity (Wildman–Crippen MR) is 49.9 cm³/mol. The molecule has 3 heteroatoms. The second-order valence-electron chi connectivity index (χ2n) is 2.74. The van der Waals surface area contributed by atoms with Gasteiger partial charge in [-0.3, -0.25) is 8.78 Å². The molecule has 1 saturated carbocycles. The Morgan fingerprint density at radius 3 is 1.33 bits per heavy atom. The summed E-state index contributed by atoms with van der Waals surface area (Å²) in [7, 11) is 1.00. The quantitative estimate of drug-likeness (QED) is 0.554. The number of alkyl halides is 2. The molecule has 1 nitrogen and oxygen atoms in total. The maximum absolute atomic E-state index is 9.50. The molecule has 1 rings (SSSR count). The molecule has 0 spiro atoms. The first kappa shape index (κ1) is 17.8. The van der Waals surface area contributed by atoms with Gasteiger partial charge in [0.15, 0.2) is 0 Å². The van der Waals surface area contributed by atoms with E-state index in [1.807, 2.05) is 0 Å². The fourth-order valence-corrected chi connectivity index (χ4v) is 1.31. The normalized spacial score (nSPS) is 15.8. The molecule has 0 atom stereocenters. The van der Waals surface area contributed by atoms with E-state index >= 15 is 0 Å². The molecular formula is C9H22F2O. The van der Waals surface area contributed by atoms with Gasteiger partial charge in [0.2, 0.25) is 0 Å². The molecule has 0 aromatic rings. The van der Waals surface area contributed by atoms with Crippen LogP contribution in [0.3, 0.4) is 0 Å². The molecule has 12 heavy (non-hydrogen) atoms. The number of halogens is 2. The van der Waals surface area contributed by atoms with E-state index in [2.05, 4.69) is 6.92 Å². The topological polar surface area (TPSA) is 31.5 Å². The van der Waals surface area contributed by atoms with Crippen molar-refractivity contribution in [2.45, 2.75) is 39.0 Å². The number of hydrogen-bond acceptors (Lipinski definition) is 0. The molecule has 0 amide bonds. The standard InChI is InChI=1S/C7H14.2CH3F.H2O/c1-7-5-3-2-4-6-7;2*1-2;/h7H,2-6H2,1H3;2*1H3;1H2. The Hall–Kier alpha value is -0.180. The van der Waals surface area contributed by atoms with E-state index in [1.54, 1.807) is 0 Å². The zero-order valence-corrected chi connectivity index (χ0v) is 8.37. The highest BCUT2D eigenvalue weighted by molar-refractivity contribution is 4.59. The molecule has 1 fully saturated rings. The van der Waals surface area contributed by atoms with Crippen molar-refractivity contribution in [2.24, 2.45) is 5.92 Å². The third kappa shape index (κ3) is 12.5. The van der Waals surface area contributed by atoms with Gasteiger partial charge in [0.05, 0.1) is 14.4 Å². The van der Waals surface area contributed by atoms with Gasteiger partial charge in [0.25, 0.3) is 0 Å². The van der Waals surface area contributed by atoms with Crippen LogP contribution < -0.4 is 0 Å². The third-order valence-electron chi connectivity index (χ3n) is 1.89. The smallest absolute Gasteiger partial charge is 0.0785 e. The lowest BCUT2D eigenvalue weighted by molar-refractivity contribution is 0.385. The Morgan fingerprint density at radius 1 is 0.833 bits per heavy atom. The van der Waals surface area contributed by atoms with Crippen LogP contribution in [0.5, 0.6) is 0 Å². The molecule has 1 aliphatic rings. The van der Waals surface area contributed by atoms with E-state index in [-0.39, 0.29) is 5.48 Å². The van der Waals surface area contributed by atoms with Crippen LogP contribution in [0.15, 0.2) is 0 Å². The van der Waals surface area contributed by atoms with Crippen LogP contribution in [0.25, 0.3) is 0 Å². The van der Waals surface area contributed by atoms with Crippen LogP contribution in [-0.4, -0.2) is 19.8 Å². The summed E-state index contributed by atoms with van der Waals surface area (Å²) >= 11 is 0. The second kappa shape index (κ2) is 17.1. The van der Waals surface area contributed by atoms with Crippen LogP contribution in [0, 0.1) is 5.92 Å². The minimum Gasteiger partial charge on any atom is -0.412 e. The lowest BCUT2D eigenvalue weighted by atomic mass is 9.91. The molecule has 0 aliphatic heterocycles. The minimum absolute atomic E-state index is 0. The Bertz CT molecular complexity index is 54.5. The highest BCUT2D eigenvalue weighted by atomic mass is 19.1. The van der Waals surface area contributed by atoms with Gasteiger partial charge >= 0.3 is 0 Å². The van der Waals surface area contributed by atoms with E-state index in [0.29, 0.717) is 14.4 Å². The Labute approximate surface area is 74.5 Å². The molecule has 0 unspecified atom stereocenters. The van der Waals surface area contributed by atoms with Gasteiger partial charge in [-0.1, -0.05) is 39.0 Å². The molecule has 2 N–H and O–H groups in total. The first-order valence-corrected chi connectivity index (χ1v) is 4.15. The van der Waals surface area contributed by atoms with Gasteiger partial charge in [-0.2, -0.15) is 0 Å². The van der Waals surface area contributed by atoms with E-state index in [4.69, 9.17) is 0 Å². The highest BCUT2D eigenvalue weighted by Gasteiger charge is 2.05. The first-order chi connectivity index (χ1) is 5.39. The van der Waals surface area contributed by atoms with Gasteiger partial charge in [-0.05, 0) is 5.92 Å². The summed E-state index contributed by atoms with van der Waals surface area (Å²) in [6.45, 7) is 2.36. The SMILES string of the molecule is CC1CCCCC1.CF.CF.O. The number of rotatable bonds is 0. The Balaban J connectivity index is -0.000000144. The van der Waals surface area contributed by atoms with Crippen molar-refractivity contribution in [1.82, 2.24) is 0 Å². The van der Waals surface area contributed by atoms with Crippen molar-refractivity contribution in [3.05, 3.63) is 0 Å². The van der Waals surface area contributed by atoms with Gasteiger partial charge in [0.1, 0.15) is 0 Å². The first-order valence-electron chi connectivity index (χ1n) is 4.15. The van der Waals surface area contributed by atoms with Crippen molar-refractivity contribution >= 4 is 0 Å². The van der Waals surface area contributed by atoms with Crippen LogP contribution in [-0.2, 0) is 0 Å². The molecule has 1 aliphatic carbocycles. The van der Waals surface area contributed by atoms with E-state index in [0.717, 1.165) is 5.92 Å². The average molecular weight is 184 g/mol. The molecule has 0 heterocycles. The van der Waals surface area contributed by atoms with Crippen LogP contribution >= 0.6 is 0 Å². The predicted octanol–water partition coefficient (Wildman–Crippen LogP) is 2.93. The zero-order chi connectivity index (χ0) is 9.11. The van der Waals surface area contributed by atoms with Crippen LogP contribution in [0.4, 0.5) is 8.78 Å². The molecule has 0 aromatic heterocycles. The fourth-order valence-electron chi connectivity index (χ4n) is 1.31. The highest BCUT2D eigenvalue weighted by Crippen LogP contribution is 2.21.